The Morgan fingerprint density at radius 2 is 1.30 bits per heavy atom. The molecule has 0 bridgehead atoms. The highest BCUT2D eigenvalue weighted by Crippen LogP contribution is 2.23. The van der Waals surface area contributed by atoms with Gasteiger partial charge in [0.05, 0.1) is 0 Å². The van der Waals surface area contributed by atoms with Gasteiger partial charge in [-0.1, -0.05) is 0 Å². The molecule has 11 heteroatoms. The molecular weight excluding hydrogens is 306 g/mol. The van der Waals surface area contributed by atoms with Crippen LogP contribution >= 0.6 is 0 Å². The lowest BCUT2D eigenvalue weighted by molar-refractivity contribution is -0.184. The summed E-state index contributed by atoms with van der Waals surface area (Å²) in [4.78, 5) is 14.6. The average Bonchev–Trinajstić information content (AvgIpc) is 2.32. The van der Waals surface area contributed by atoms with Crippen LogP contribution in [0.4, 0.5) is 35.1 Å². The summed E-state index contributed by atoms with van der Waals surface area (Å²) in [5.74, 6) is -14.4. The first-order valence-corrected chi connectivity index (χ1v) is 4.56. The minimum Gasteiger partial charge on any atom is -0.267 e. The van der Waals surface area contributed by atoms with Gasteiger partial charge < -0.3 is 0 Å². The molecule has 0 aromatic heterocycles. The molecule has 0 fully saturated rings. The van der Waals surface area contributed by atoms with Crippen molar-refractivity contribution in [1.82, 2.24) is 5.48 Å². The Hall–Kier alpha value is -1.91. The van der Waals surface area contributed by atoms with Crippen LogP contribution < -0.4 is 5.48 Å². The first-order chi connectivity index (χ1) is 9.06. The second-order valence-corrected chi connectivity index (χ2v) is 3.28. The lowest BCUT2D eigenvalue weighted by Gasteiger charge is -2.10. The van der Waals surface area contributed by atoms with Gasteiger partial charge >= 0.3 is 6.18 Å². The molecule has 20 heavy (non-hydrogen) atoms. The third-order valence-electron chi connectivity index (χ3n) is 1.84. The number of nitrogens with one attached hydrogen (secondary N) is 1. The van der Waals surface area contributed by atoms with E-state index in [1.807, 2.05) is 0 Å². The van der Waals surface area contributed by atoms with Gasteiger partial charge in [0.15, 0.2) is 29.9 Å². The summed E-state index contributed by atoms with van der Waals surface area (Å²) >= 11 is 0. The van der Waals surface area contributed by atoms with Gasteiger partial charge in [0.25, 0.3) is 5.91 Å². The van der Waals surface area contributed by atoms with Crippen LogP contribution in [0, 0.1) is 29.1 Å². The zero-order chi connectivity index (χ0) is 15.7. The highest BCUT2D eigenvalue weighted by atomic mass is 19.4. The van der Waals surface area contributed by atoms with Crippen LogP contribution in [0.3, 0.4) is 0 Å². The number of alkyl halides is 3. The van der Waals surface area contributed by atoms with Gasteiger partial charge in [-0.05, 0) is 0 Å². The summed E-state index contributed by atoms with van der Waals surface area (Å²) in [6, 6.07) is 0. The number of halogens is 8. The predicted molar refractivity (Wildman–Crippen MR) is 45.7 cm³/mol. The molecule has 0 unspecified atom stereocenters. The fourth-order valence-corrected chi connectivity index (χ4v) is 1.04. The lowest BCUT2D eigenvalue weighted by Crippen LogP contribution is -2.31. The number of benzene rings is 1. The quantitative estimate of drug-likeness (QED) is 0.403. The van der Waals surface area contributed by atoms with E-state index in [0.717, 1.165) is 5.48 Å². The number of hydrogen-bond donors (Lipinski definition) is 1. The zero-order valence-corrected chi connectivity index (χ0v) is 9.05. The van der Waals surface area contributed by atoms with Gasteiger partial charge in [-0.2, -0.15) is 13.2 Å². The molecule has 0 radical (unpaired) electrons. The first-order valence-electron chi connectivity index (χ1n) is 4.56. The molecular formula is C9H3F8NO2. The van der Waals surface area contributed by atoms with Gasteiger partial charge in [-0.3, -0.25) is 9.63 Å². The molecule has 0 aliphatic heterocycles. The smallest absolute Gasteiger partial charge is 0.267 e. The van der Waals surface area contributed by atoms with Crippen molar-refractivity contribution >= 4 is 5.91 Å². The van der Waals surface area contributed by atoms with Crippen LogP contribution in [0.25, 0.3) is 0 Å². The van der Waals surface area contributed by atoms with Crippen LogP contribution in [0.5, 0.6) is 0 Å². The summed E-state index contributed by atoms with van der Waals surface area (Å²) in [7, 11) is 0. The summed E-state index contributed by atoms with van der Waals surface area (Å²) in [6.45, 7) is -2.02. The molecule has 1 amide bonds. The third-order valence-corrected chi connectivity index (χ3v) is 1.84. The fraction of sp³-hybridized carbons (Fsp3) is 0.222. The van der Waals surface area contributed by atoms with Crippen LogP contribution in [0.1, 0.15) is 10.4 Å². The normalized spacial score (nSPS) is 11.6. The van der Waals surface area contributed by atoms with Gasteiger partial charge in [0.2, 0.25) is 5.82 Å². The summed E-state index contributed by atoms with van der Waals surface area (Å²) < 4.78 is 99.1. The molecule has 0 spiro atoms. The number of hydrogen-bond acceptors (Lipinski definition) is 2. The standard InChI is InChI=1S/C9H3F8NO2/c10-3-2(4(11)6(13)7(14)5(3)12)8(19)18-20-1-9(15,16)17/h1H2,(H,18,19). The number of carbonyl (C=O) groups is 1. The van der Waals surface area contributed by atoms with Gasteiger partial charge in [-0.25, -0.2) is 27.4 Å². The first kappa shape index (κ1) is 16.1. The average molecular weight is 309 g/mol. The minimum absolute atomic E-state index is 0.916. The van der Waals surface area contributed by atoms with Crippen molar-refractivity contribution in [3.05, 3.63) is 34.6 Å². The van der Waals surface area contributed by atoms with Crippen molar-refractivity contribution in [2.75, 3.05) is 6.61 Å². The maximum absolute atomic E-state index is 13.1. The van der Waals surface area contributed by atoms with E-state index in [2.05, 4.69) is 4.84 Å². The second-order valence-electron chi connectivity index (χ2n) is 3.28. The van der Waals surface area contributed by atoms with Crippen molar-refractivity contribution in [3.8, 4) is 0 Å². The molecule has 1 N–H and O–H groups in total. The predicted octanol–water partition coefficient (Wildman–Crippen LogP) is 2.61. The van der Waals surface area contributed by atoms with Crippen molar-refractivity contribution in [2.45, 2.75) is 6.18 Å². The molecule has 1 aromatic rings. The second kappa shape index (κ2) is 5.61. The molecule has 1 rings (SSSR count). The summed E-state index contributed by atoms with van der Waals surface area (Å²) in [5, 5.41) is 0. The molecule has 0 aliphatic rings. The number of amides is 1. The van der Waals surface area contributed by atoms with Crippen LogP contribution in [0.2, 0.25) is 0 Å². The Labute approximate surface area is 105 Å². The highest BCUT2D eigenvalue weighted by molar-refractivity contribution is 5.94. The van der Waals surface area contributed by atoms with Gasteiger partial charge in [0.1, 0.15) is 5.56 Å². The molecule has 0 saturated carbocycles. The van der Waals surface area contributed by atoms with E-state index >= 15 is 0 Å². The number of carbonyl (C=O) groups excluding carboxylic acids is 1. The monoisotopic (exact) mass is 309 g/mol. The van der Waals surface area contributed by atoms with E-state index in [4.69, 9.17) is 0 Å². The van der Waals surface area contributed by atoms with Crippen molar-refractivity contribution < 1.29 is 44.8 Å². The molecule has 0 aliphatic carbocycles. The lowest BCUT2D eigenvalue weighted by atomic mass is 10.1. The Balaban J connectivity index is 3.00. The van der Waals surface area contributed by atoms with E-state index in [9.17, 15) is 39.9 Å². The fourth-order valence-electron chi connectivity index (χ4n) is 1.04. The van der Waals surface area contributed by atoms with E-state index in [1.54, 1.807) is 0 Å². The zero-order valence-electron chi connectivity index (χ0n) is 9.05. The van der Waals surface area contributed by atoms with E-state index < -0.39 is 53.3 Å². The third kappa shape index (κ3) is 3.35. The minimum atomic E-state index is -4.87. The van der Waals surface area contributed by atoms with Crippen molar-refractivity contribution in [3.63, 3.8) is 0 Å². The SMILES string of the molecule is O=C(NOCC(F)(F)F)c1c(F)c(F)c(F)c(F)c1F. The largest absolute Gasteiger partial charge is 0.414 e. The number of hydroxylamine groups is 1. The summed E-state index contributed by atoms with van der Waals surface area (Å²) in [5.41, 5.74) is -1.04. The maximum atomic E-state index is 13.1. The van der Waals surface area contributed by atoms with Crippen LogP contribution in [-0.4, -0.2) is 18.7 Å². The van der Waals surface area contributed by atoms with Gasteiger partial charge in [0, 0.05) is 0 Å². The van der Waals surface area contributed by atoms with E-state index in [-0.39, 0.29) is 0 Å². The van der Waals surface area contributed by atoms with Crippen molar-refractivity contribution in [1.29, 1.82) is 0 Å². The van der Waals surface area contributed by atoms with E-state index in [0.29, 0.717) is 0 Å². The number of rotatable bonds is 3. The van der Waals surface area contributed by atoms with Crippen molar-refractivity contribution in [2.24, 2.45) is 0 Å². The molecule has 1 aromatic carbocycles. The molecule has 0 saturated heterocycles. The summed E-state index contributed by atoms with van der Waals surface area (Å²) in [6.07, 6.45) is -4.87. The Bertz CT molecular complexity index is 513. The van der Waals surface area contributed by atoms with Gasteiger partial charge in [-0.15, -0.1) is 0 Å². The Morgan fingerprint density at radius 3 is 1.70 bits per heavy atom. The van der Waals surface area contributed by atoms with Crippen LogP contribution in [-0.2, 0) is 4.84 Å². The van der Waals surface area contributed by atoms with Crippen LogP contribution in [0.15, 0.2) is 0 Å². The Morgan fingerprint density at radius 1 is 0.900 bits per heavy atom. The molecule has 0 heterocycles. The topological polar surface area (TPSA) is 38.3 Å². The Kier molecular flexibility index (Phi) is 4.53. The van der Waals surface area contributed by atoms with E-state index in [1.165, 1.54) is 0 Å². The molecule has 3 nitrogen and oxygen atoms in total. The maximum Gasteiger partial charge on any atom is 0.414 e. The molecule has 0 atom stereocenters. The molecule has 112 valence electrons. The highest BCUT2D eigenvalue weighted by Gasteiger charge is 2.31.